The molecule has 1 aliphatic rings. The Morgan fingerprint density at radius 1 is 1.18 bits per heavy atom. The first-order chi connectivity index (χ1) is 15.7. The van der Waals surface area contributed by atoms with Gasteiger partial charge in [0.2, 0.25) is 0 Å². The van der Waals surface area contributed by atoms with Crippen molar-refractivity contribution in [1.29, 1.82) is 0 Å². The summed E-state index contributed by atoms with van der Waals surface area (Å²) in [6, 6.07) is 5.40. The van der Waals surface area contributed by atoms with Crippen molar-refractivity contribution in [2.75, 3.05) is 6.61 Å². The van der Waals surface area contributed by atoms with Crippen LogP contribution in [0.2, 0.25) is 0 Å². The highest BCUT2D eigenvalue weighted by Crippen LogP contribution is 2.36. The summed E-state index contributed by atoms with van der Waals surface area (Å²) in [7, 11) is 0. The molecule has 1 aromatic rings. The number of hydrogen-bond acceptors (Lipinski definition) is 6. The van der Waals surface area contributed by atoms with Crippen molar-refractivity contribution in [3.63, 3.8) is 0 Å². The van der Waals surface area contributed by atoms with E-state index in [1.54, 1.807) is 38.1 Å². The number of nitrogens with two attached hydrogens (primary N) is 1. The molecule has 1 aliphatic carbocycles. The van der Waals surface area contributed by atoms with Gasteiger partial charge in [-0.2, -0.15) is 13.2 Å². The van der Waals surface area contributed by atoms with Crippen LogP contribution < -0.4 is 16.5 Å². The number of amides is 2. The molecule has 0 saturated heterocycles. The van der Waals surface area contributed by atoms with Crippen molar-refractivity contribution in [2.45, 2.75) is 38.0 Å². The SMILES string of the molecule is CC(C)(N)[C@H](NC(=O)c1ccc(C#CC#C[C@@H]2C[C@H]2CO)cc1)C(=O)NO.O=C(O)C(F)(F)F. The summed E-state index contributed by atoms with van der Waals surface area (Å²) in [6.07, 6.45) is -4.16. The lowest BCUT2D eigenvalue weighted by Gasteiger charge is -2.29. The van der Waals surface area contributed by atoms with Gasteiger partial charge >= 0.3 is 12.1 Å². The summed E-state index contributed by atoms with van der Waals surface area (Å²) in [5.41, 5.74) is 7.35. The maximum atomic E-state index is 12.3. The molecule has 1 saturated carbocycles. The minimum atomic E-state index is -5.08. The quantitative estimate of drug-likeness (QED) is 0.203. The molecule has 0 radical (unpaired) electrons. The number of carbonyl (C=O) groups excluding carboxylic acids is 2. The number of halogens is 3. The maximum absolute atomic E-state index is 12.3. The van der Waals surface area contributed by atoms with Crippen LogP contribution in [0.4, 0.5) is 13.2 Å². The largest absolute Gasteiger partial charge is 0.490 e. The Hall–Kier alpha value is -3.58. The van der Waals surface area contributed by atoms with E-state index in [2.05, 4.69) is 29.0 Å². The van der Waals surface area contributed by atoms with Gasteiger partial charge in [0, 0.05) is 29.2 Å². The van der Waals surface area contributed by atoms with Crippen molar-refractivity contribution >= 4 is 17.8 Å². The molecule has 0 aromatic heterocycles. The molecule has 12 heteroatoms. The molecule has 2 rings (SSSR count). The van der Waals surface area contributed by atoms with Crippen molar-refractivity contribution in [3.8, 4) is 23.7 Å². The van der Waals surface area contributed by atoms with Crippen LogP contribution in [0.3, 0.4) is 0 Å². The lowest BCUT2D eigenvalue weighted by molar-refractivity contribution is -0.192. The van der Waals surface area contributed by atoms with Gasteiger partial charge in [-0.1, -0.05) is 11.8 Å². The van der Waals surface area contributed by atoms with E-state index >= 15 is 0 Å². The van der Waals surface area contributed by atoms with Gasteiger partial charge in [0.05, 0.1) is 0 Å². The van der Waals surface area contributed by atoms with Crippen LogP contribution >= 0.6 is 0 Å². The summed E-state index contributed by atoms with van der Waals surface area (Å²) in [5, 5.41) is 27.4. The van der Waals surface area contributed by atoms with Crippen molar-refractivity contribution in [2.24, 2.45) is 17.6 Å². The molecule has 7 N–H and O–H groups in total. The molecule has 34 heavy (non-hydrogen) atoms. The van der Waals surface area contributed by atoms with Crippen LogP contribution in [-0.2, 0) is 9.59 Å². The highest BCUT2D eigenvalue weighted by molar-refractivity contribution is 5.97. The summed E-state index contributed by atoms with van der Waals surface area (Å²) >= 11 is 0. The molecule has 3 atom stereocenters. The lowest BCUT2D eigenvalue weighted by atomic mass is 9.95. The van der Waals surface area contributed by atoms with Crippen LogP contribution in [0.15, 0.2) is 24.3 Å². The van der Waals surface area contributed by atoms with Gasteiger partial charge in [-0.25, -0.2) is 10.3 Å². The normalized spacial score (nSPS) is 17.3. The van der Waals surface area contributed by atoms with Gasteiger partial charge in [-0.3, -0.25) is 14.8 Å². The van der Waals surface area contributed by atoms with E-state index in [0.717, 1.165) is 6.42 Å². The zero-order valence-electron chi connectivity index (χ0n) is 18.2. The molecular weight excluding hydrogens is 459 g/mol. The smallest absolute Gasteiger partial charge is 0.475 e. The lowest BCUT2D eigenvalue weighted by Crippen LogP contribution is -2.61. The summed E-state index contributed by atoms with van der Waals surface area (Å²) in [5.74, 6) is 7.88. The number of carboxylic acids is 1. The Bertz CT molecular complexity index is 1010. The number of nitrogens with one attached hydrogen (secondary N) is 2. The molecule has 0 aliphatic heterocycles. The van der Waals surface area contributed by atoms with E-state index in [0.29, 0.717) is 11.1 Å². The van der Waals surface area contributed by atoms with E-state index in [1.807, 2.05) is 0 Å². The highest BCUT2D eigenvalue weighted by Gasteiger charge is 2.38. The molecule has 1 fully saturated rings. The second-order valence-electron chi connectivity index (χ2n) is 7.89. The van der Waals surface area contributed by atoms with Crippen LogP contribution in [0.25, 0.3) is 0 Å². The molecule has 184 valence electrons. The van der Waals surface area contributed by atoms with Crippen molar-refractivity contribution in [1.82, 2.24) is 10.8 Å². The fourth-order valence-electron chi connectivity index (χ4n) is 2.43. The minimum Gasteiger partial charge on any atom is -0.475 e. The van der Waals surface area contributed by atoms with E-state index in [-0.39, 0.29) is 18.4 Å². The third-order valence-corrected chi connectivity index (χ3v) is 4.47. The molecule has 0 unspecified atom stereocenters. The number of aliphatic carboxylic acids is 1. The number of aliphatic hydroxyl groups excluding tert-OH is 1. The molecule has 0 bridgehead atoms. The first-order valence-electron chi connectivity index (χ1n) is 9.77. The van der Waals surface area contributed by atoms with Gasteiger partial charge in [0.25, 0.3) is 11.8 Å². The Morgan fingerprint density at radius 3 is 2.15 bits per heavy atom. The Labute approximate surface area is 193 Å². The predicted molar refractivity (Wildman–Crippen MR) is 113 cm³/mol. The average Bonchev–Trinajstić information content (AvgIpc) is 3.52. The van der Waals surface area contributed by atoms with E-state index in [1.165, 1.54) is 5.48 Å². The highest BCUT2D eigenvalue weighted by atomic mass is 19.4. The number of aliphatic hydroxyl groups is 1. The number of carboxylic acid groups (broad SMARTS) is 1. The van der Waals surface area contributed by atoms with Crippen LogP contribution in [0, 0.1) is 35.5 Å². The first kappa shape index (κ1) is 28.5. The number of alkyl halides is 3. The standard InChI is InChI=1S/C20H23N3O4.C2HF3O2/c1-20(2,21)17(19(26)23-27)22-18(25)14-9-7-13(8-10-14)5-3-4-6-15-11-16(15)12-24;3-2(4,5)1(6)7/h7-10,15-17,24,27H,11-12,21H2,1-2H3,(H,22,25)(H,23,26);(H,6,7)/t15-,16+,17-;/m1./s1. The second-order valence-corrected chi connectivity index (χ2v) is 7.89. The van der Waals surface area contributed by atoms with Gasteiger partial charge in [-0.05, 0) is 62.3 Å². The van der Waals surface area contributed by atoms with Gasteiger partial charge in [0.15, 0.2) is 0 Å². The van der Waals surface area contributed by atoms with E-state index < -0.39 is 35.5 Å². The number of hydrogen-bond donors (Lipinski definition) is 6. The van der Waals surface area contributed by atoms with Gasteiger partial charge < -0.3 is 21.3 Å². The minimum absolute atomic E-state index is 0.165. The van der Waals surface area contributed by atoms with Gasteiger partial charge in [-0.15, -0.1) is 0 Å². The third-order valence-electron chi connectivity index (χ3n) is 4.47. The second kappa shape index (κ2) is 12.0. The van der Waals surface area contributed by atoms with Crippen LogP contribution in [-0.4, -0.2) is 57.6 Å². The third kappa shape index (κ3) is 9.50. The summed E-state index contributed by atoms with van der Waals surface area (Å²) in [6.45, 7) is 3.30. The van der Waals surface area contributed by atoms with Crippen LogP contribution in [0.5, 0.6) is 0 Å². The van der Waals surface area contributed by atoms with E-state index in [9.17, 15) is 22.8 Å². The number of rotatable bonds is 5. The topological polar surface area (TPSA) is 162 Å². The summed E-state index contributed by atoms with van der Waals surface area (Å²) in [4.78, 5) is 32.9. The molecular formula is C22H24F3N3O6. The Kier molecular flexibility index (Phi) is 10.1. The molecule has 0 heterocycles. The van der Waals surface area contributed by atoms with E-state index in [4.69, 9.17) is 25.9 Å². The van der Waals surface area contributed by atoms with Crippen LogP contribution in [0.1, 0.15) is 36.2 Å². The fourth-order valence-corrected chi connectivity index (χ4v) is 2.43. The number of benzene rings is 1. The molecule has 2 amide bonds. The Morgan fingerprint density at radius 2 is 1.74 bits per heavy atom. The van der Waals surface area contributed by atoms with Gasteiger partial charge in [0.1, 0.15) is 6.04 Å². The number of hydroxylamine groups is 1. The number of carbonyl (C=O) groups is 3. The summed E-state index contributed by atoms with van der Waals surface area (Å²) < 4.78 is 31.7. The zero-order chi connectivity index (χ0) is 26.1. The maximum Gasteiger partial charge on any atom is 0.490 e. The molecule has 0 spiro atoms. The zero-order valence-corrected chi connectivity index (χ0v) is 18.2. The average molecular weight is 483 g/mol. The Balaban J connectivity index is 0.000000718. The van der Waals surface area contributed by atoms with Crippen molar-refractivity contribution < 1.29 is 43.0 Å². The first-order valence-corrected chi connectivity index (χ1v) is 9.77. The van der Waals surface area contributed by atoms with Crippen molar-refractivity contribution in [3.05, 3.63) is 35.4 Å². The monoisotopic (exact) mass is 483 g/mol. The molecule has 1 aromatic carbocycles. The molecule has 9 nitrogen and oxygen atoms in total. The fraction of sp³-hybridized carbons (Fsp3) is 0.409. The predicted octanol–water partition coefficient (Wildman–Crippen LogP) is 0.644.